The second kappa shape index (κ2) is 5.32. The lowest BCUT2D eigenvalue weighted by molar-refractivity contribution is 0.102. The Balaban J connectivity index is 1.84. The molecule has 0 aromatic carbocycles. The minimum atomic E-state index is -0.233. The number of hydrogen-bond donors (Lipinski definition) is 1. The first-order valence-electron chi connectivity index (χ1n) is 6.64. The number of amides is 1. The molecule has 0 saturated heterocycles. The molecule has 3 heterocycles. The molecule has 0 spiro atoms. The highest BCUT2D eigenvalue weighted by atomic mass is 16.5. The number of aromatic nitrogens is 3. The summed E-state index contributed by atoms with van der Waals surface area (Å²) >= 11 is 0. The summed E-state index contributed by atoms with van der Waals surface area (Å²) < 4.78 is 7.16. The maximum absolute atomic E-state index is 12.3. The van der Waals surface area contributed by atoms with Crippen LogP contribution in [0.1, 0.15) is 29.0 Å². The smallest absolute Gasteiger partial charge is 0.262 e. The maximum atomic E-state index is 12.3. The summed E-state index contributed by atoms with van der Waals surface area (Å²) in [5.74, 6) is 1.85. The highest BCUT2D eigenvalue weighted by molar-refractivity contribution is 6.05. The number of anilines is 1. The minimum absolute atomic E-state index is 0.233. The number of imidazole rings is 1. The van der Waals surface area contributed by atoms with E-state index in [1.807, 2.05) is 0 Å². The lowest BCUT2D eigenvalue weighted by atomic mass is 10.2. The highest BCUT2D eigenvalue weighted by Crippen LogP contribution is 2.21. The van der Waals surface area contributed by atoms with Gasteiger partial charge in [0, 0.05) is 19.2 Å². The molecular formula is C14H16N4O2. The Morgan fingerprint density at radius 3 is 3.15 bits per heavy atom. The van der Waals surface area contributed by atoms with Crippen molar-refractivity contribution in [3.8, 4) is 5.88 Å². The third-order valence-electron chi connectivity index (χ3n) is 3.42. The van der Waals surface area contributed by atoms with E-state index in [0.717, 1.165) is 37.4 Å². The lowest BCUT2D eigenvalue weighted by Gasteiger charge is -2.16. The summed E-state index contributed by atoms with van der Waals surface area (Å²) in [6.45, 7) is 0.898. The number of methoxy groups -OCH3 is 1. The maximum Gasteiger partial charge on any atom is 0.262 e. The van der Waals surface area contributed by atoms with Crippen molar-refractivity contribution in [2.75, 3.05) is 12.4 Å². The Morgan fingerprint density at radius 2 is 2.30 bits per heavy atom. The van der Waals surface area contributed by atoms with Crippen LogP contribution in [0.2, 0.25) is 0 Å². The second-order valence-electron chi connectivity index (χ2n) is 4.68. The standard InChI is InChI=1S/C14H16N4O2/c1-20-14-10(5-4-7-15-14)13(19)17-12-9-16-11-6-2-3-8-18(11)12/h4-5,7,9H,2-3,6,8H2,1H3,(H,17,19). The molecule has 3 rings (SSSR count). The molecular weight excluding hydrogens is 256 g/mol. The van der Waals surface area contributed by atoms with Crippen molar-refractivity contribution >= 4 is 11.7 Å². The summed E-state index contributed by atoms with van der Waals surface area (Å²) in [7, 11) is 1.50. The predicted molar refractivity (Wildman–Crippen MR) is 73.9 cm³/mol. The van der Waals surface area contributed by atoms with E-state index in [1.165, 1.54) is 7.11 Å². The van der Waals surface area contributed by atoms with Gasteiger partial charge in [0.25, 0.3) is 5.91 Å². The van der Waals surface area contributed by atoms with Gasteiger partial charge in [-0.15, -0.1) is 0 Å². The average molecular weight is 272 g/mol. The Kier molecular flexibility index (Phi) is 3.37. The fourth-order valence-corrected chi connectivity index (χ4v) is 2.43. The van der Waals surface area contributed by atoms with Crippen LogP contribution in [-0.2, 0) is 13.0 Å². The molecule has 2 aromatic heterocycles. The Hall–Kier alpha value is -2.37. The molecule has 1 amide bonds. The fraction of sp³-hybridized carbons (Fsp3) is 0.357. The quantitative estimate of drug-likeness (QED) is 0.926. The summed E-state index contributed by atoms with van der Waals surface area (Å²) in [6, 6.07) is 3.40. The van der Waals surface area contributed by atoms with E-state index in [-0.39, 0.29) is 5.91 Å². The number of carbonyl (C=O) groups is 1. The normalized spacial score (nSPS) is 13.7. The summed E-state index contributed by atoms with van der Waals surface area (Å²) in [4.78, 5) is 20.7. The average Bonchev–Trinajstić information content (AvgIpc) is 2.90. The van der Waals surface area contributed by atoms with Crippen molar-refractivity contribution in [2.45, 2.75) is 25.8 Å². The van der Waals surface area contributed by atoms with Gasteiger partial charge in [-0.3, -0.25) is 4.79 Å². The van der Waals surface area contributed by atoms with Crippen molar-refractivity contribution in [3.05, 3.63) is 35.9 Å². The molecule has 6 heteroatoms. The first kappa shape index (κ1) is 12.7. The highest BCUT2D eigenvalue weighted by Gasteiger charge is 2.18. The van der Waals surface area contributed by atoms with Crippen molar-refractivity contribution in [2.24, 2.45) is 0 Å². The number of rotatable bonds is 3. The van der Waals surface area contributed by atoms with Gasteiger partial charge in [0.15, 0.2) is 0 Å². The second-order valence-corrected chi connectivity index (χ2v) is 4.68. The molecule has 20 heavy (non-hydrogen) atoms. The van der Waals surface area contributed by atoms with E-state index >= 15 is 0 Å². The number of ether oxygens (including phenoxy) is 1. The molecule has 104 valence electrons. The molecule has 1 aliphatic rings. The Morgan fingerprint density at radius 1 is 1.40 bits per heavy atom. The van der Waals surface area contributed by atoms with Gasteiger partial charge in [-0.05, 0) is 25.0 Å². The van der Waals surface area contributed by atoms with E-state index in [2.05, 4.69) is 19.9 Å². The van der Waals surface area contributed by atoms with E-state index < -0.39 is 0 Å². The van der Waals surface area contributed by atoms with Crippen LogP contribution in [0.5, 0.6) is 5.88 Å². The first-order valence-corrected chi connectivity index (χ1v) is 6.64. The van der Waals surface area contributed by atoms with E-state index in [1.54, 1.807) is 24.5 Å². The van der Waals surface area contributed by atoms with Crippen LogP contribution in [0.3, 0.4) is 0 Å². The Bertz CT molecular complexity index is 636. The number of fused-ring (bicyclic) bond motifs is 1. The summed E-state index contributed by atoms with van der Waals surface area (Å²) in [6.07, 6.45) is 6.53. The zero-order valence-corrected chi connectivity index (χ0v) is 11.3. The molecule has 0 atom stereocenters. The molecule has 1 N–H and O–H groups in total. The Labute approximate surface area is 116 Å². The third kappa shape index (κ3) is 2.24. The number of carbonyl (C=O) groups excluding carboxylic acids is 1. The number of pyridine rings is 1. The monoisotopic (exact) mass is 272 g/mol. The van der Waals surface area contributed by atoms with Crippen molar-refractivity contribution in [1.82, 2.24) is 14.5 Å². The molecule has 0 bridgehead atoms. The van der Waals surface area contributed by atoms with E-state index in [0.29, 0.717) is 11.4 Å². The SMILES string of the molecule is COc1ncccc1C(=O)Nc1cnc2n1CCCC2. The summed E-state index contributed by atoms with van der Waals surface area (Å²) in [5.41, 5.74) is 0.418. The van der Waals surface area contributed by atoms with Crippen LogP contribution in [-0.4, -0.2) is 27.6 Å². The van der Waals surface area contributed by atoms with Gasteiger partial charge < -0.3 is 14.6 Å². The minimum Gasteiger partial charge on any atom is -0.480 e. The third-order valence-corrected chi connectivity index (χ3v) is 3.42. The molecule has 0 aliphatic carbocycles. The molecule has 6 nitrogen and oxygen atoms in total. The van der Waals surface area contributed by atoms with Gasteiger partial charge >= 0.3 is 0 Å². The number of hydrogen-bond acceptors (Lipinski definition) is 4. The lowest BCUT2D eigenvalue weighted by Crippen LogP contribution is -2.19. The fourth-order valence-electron chi connectivity index (χ4n) is 2.43. The van der Waals surface area contributed by atoms with Crippen LogP contribution < -0.4 is 10.1 Å². The molecule has 0 saturated carbocycles. The zero-order valence-electron chi connectivity index (χ0n) is 11.3. The van der Waals surface area contributed by atoms with Gasteiger partial charge in [-0.25, -0.2) is 9.97 Å². The summed E-state index contributed by atoms with van der Waals surface area (Å²) in [5, 5.41) is 2.88. The molecule has 1 aliphatic heterocycles. The van der Waals surface area contributed by atoms with Gasteiger partial charge in [0.05, 0.1) is 13.3 Å². The van der Waals surface area contributed by atoms with Gasteiger partial charge in [0.1, 0.15) is 17.2 Å². The number of nitrogens with one attached hydrogen (secondary N) is 1. The number of aryl methyl sites for hydroxylation is 1. The van der Waals surface area contributed by atoms with E-state index in [4.69, 9.17) is 4.74 Å². The van der Waals surface area contributed by atoms with Crippen molar-refractivity contribution in [3.63, 3.8) is 0 Å². The van der Waals surface area contributed by atoms with Crippen LogP contribution in [0.15, 0.2) is 24.5 Å². The van der Waals surface area contributed by atoms with Crippen LogP contribution >= 0.6 is 0 Å². The molecule has 0 radical (unpaired) electrons. The zero-order chi connectivity index (χ0) is 13.9. The first-order chi connectivity index (χ1) is 9.79. The van der Waals surface area contributed by atoms with Gasteiger partial charge in [-0.2, -0.15) is 0 Å². The van der Waals surface area contributed by atoms with Crippen molar-refractivity contribution in [1.29, 1.82) is 0 Å². The topological polar surface area (TPSA) is 69.0 Å². The molecule has 2 aromatic rings. The van der Waals surface area contributed by atoms with Crippen LogP contribution in [0.4, 0.5) is 5.82 Å². The van der Waals surface area contributed by atoms with Crippen molar-refractivity contribution < 1.29 is 9.53 Å². The van der Waals surface area contributed by atoms with Gasteiger partial charge in [-0.1, -0.05) is 0 Å². The molecule has 0 unspecified atom stereocenters. The largest absolute Gasteiger partial charge is 0.480 e. The van der Waals surface area contributed by atoms with Crippen LogP contribution in [0, 0.1) is 0 Å². The van der Waals surface area contributed by atoms with Crippen LogP contribution in [0.25, 0.3) is 0 Å². The predicted octanol–water partition coefficient (Wildman–Crippen LogP) is 1.88. The van der Waals surface area contributed by atoms with Gasteiger partial charge in [0.2, 0.25) is 5.88 Å². The number of nitrogens with zero attached hydrogens (tertiary/aromatic N) is 3. The van der Waals surface area contributed by atoms with E-state index in [9.17, 15) is 4.79 Å². The molecule has 0 fully saturated rings.